The van der Waals surface area contributed by atoms with Gasteiger partial charge in [-0.2, -0.15) is 4.31 Å². The van der Waals surface area contributed by atoms with Crippen LogP contribution in [0.4, 0.5) is 0 Å². The summed E-state index contributed by atoms with van der Waals surface area (Å²) >= 11 is 0. The summed E-state index contributed by atoms with van der Waals surface area (Å²) in [6.45, 7) is 8.70. The predicted molar refractivity (Wildman–Crippen MR) is 81.1 cm³/mol. The lowest BCUT2D eigenvalue weighted by atomic mass is 10.2. The quantitative estimate of drug-likeness (QED) is 0.855. The van der Waals surface area contributed by atoms with Crippen molar-refractivity contribution in [1.29, 1.82) is 0 Å². The molecule has 2 rings (SSSR count). The summed E-state index contributed by atoms with van der Waals surface area (Å²) in [5, 5.41) is 0. The molecule has 1 saturated heterocycles. The Labute approximate surface area is 126 Å². The van der Waals surface area contributed by atoms with E-state index in [1.165, 1.54) is 4.31 Å². The van der Waals surface area contributed by atoms with E-state index in [9.17, 15) is 8.42 Å². The first-order valence-corrected chi connectivity index (χ1v) is 8.67. The predicted octanol–water partition coefficient (Wildman–Crippen LogP) is 2.19. The lowest BCUT2D eigenvalue weighted by Gasteiger charge is -2.34. The molecule has 21 heavy (non-hydrogen) atoms. The molecule has 0 aliphatic carbocycles. The Kier molecular flexibility index (Phi) is 4.91. The van der Waals surface area contributed by atoms with Crippen LogP contribution in [0.25, 0.3) is 0 Å². The molecule has 0 saturated carbocycles. The third-order valence-corrected chi connectivity index (χ3v) is 5.27. The molecule has 0 N–H and O–H groups in total. The Morgan fingerprint density at radius 3 is 2.48 bits per heavy atom. The minimum atomic E-state index is -3.57. The van der Waals surface area contributed by atoms with Crippen molar-refractivity contribution in [1.82, 2.24) is 4.31 Å². The first-order chi connectivity index (χ1) is 9.84. The number of morpholine rings is 1. The zero-order chi connectivity index (χ0) is 15.6. The molecule has 2 unspecified atom stereocenters. The average molecular weight is 313 g/mol. The summed E-state index contributed by atoms with van der Waals surface area (Å²) < 4.78 is 38.4. The van der Waals surface area contributed by atoms with Gasteiger partial charge in [0.05, 0.1) is 18.8 Å². The largest absolute Gasteiger partial charge is 0.492 e. The van der Waals surface area contributed by atoms with Crippen molar-refractivity contribution in [3.8, 4) is 5.75 Å². The number of ether oxygens (including phenoxy) is 2. The van der Waals surface area contributed by atoms with Gasteiger partial charge in [-0.05, 0) is 45.4 Å². The summed E-state index contributed by atoms with van der Waals surface area (Å²) in [5.41, 5.74) is 0.973. The SMILES string of the molecule is CCOc1cc(C)ccc1S(=O)(=O)N1CC(C)OC(C)C1. The standard InChI is InChI=1S/C15H23NO4S/c1-5-19-14-8-11(2)6-7-15(14)21(17,18)16-9-12(3)20-13(4)10-16/h6-8,12-13H,5,9-10H2,1-4H3. The van der Waals surface area contributed by atoms with Gasteiger partial charge >= 0.3 is 0 Å². The van der Waals surface area contributed by atoms with Gasteiger partial charge in [0, 0.05) is 13.1 Å². The van der Waals surface area contributed by atoms with Gasteiger partial charge in [-0.25, -0.2) is 8.42 Å². The van der Waals surface area contributed by atoms with Crippen molar-refractivity contribution in [2.24, 2.45) is 0 Å². The van der Waals surface area contributed by atoms with Crippen LogP contribution in [0.15, 0.2) is 23.1 Å². The fraction of sp³-hybridized carbons (Fsp3) is 0.600. The minimum Gasteiger partial charge on any atom is -0.492 e. The molecule has 0 bridgehead atoms. The first kappa shape index (κ1) is 16.3. The van der Waals surface area contributed by atoms with Gasteiger partial charge in [-0.3, -0.25) is 0 Å². The van der Waals surface area contributed by atoms with E-state index in [-0.39, 0.29) is 17.1 Å². The van der Waals surface area contributed by atoms with E-state index < -0.39 is 10.0 Å². The van der Waals surface area contributed by atoms with Gasteiger partial charge in [-0.1, -0.05) is 6.07 Å². The number of sulfonamides is 1. The zero-order valence-corrected chi connectivity index (χ0v) is 13.8. The maximum absolute atomic E-state index is 12.9. The summed E-state index contributed by atoms with van der Waals surface area (Å²) in [5.74, 6) is 0.421. The molecule has 2 atom stereocenters. The third kappa shape index (κ3) is 3.56. The number of hydrogen-bond donors (Lipinski definition) is 0. The third-order valence-electron chi connectivity index (χ3n) is 3.40. The van der Waals surface area contributed by atoms with Crippen LogP contribution in [0.3, 0.4) is 0 Å². The molecule has 6 heteroatoms. The molecule has 0 radical (unpaired) electrons. The molecule has 5 nitrogen and oxygen atoms in total. The number of nitrogens with zero attached hydrogens (tertiary/aromatic N) is 1. The zero-order valence-electron chi connectivity index (χ0n) is 13.0. The molecule has 118 valence electrons. The number of rotatable bonds is 4. The number of aryl methyl sites for hydroxylation is 1. The van der Waals surface area contributed by atoms with Crippen LogP contribution in [0.2, 0.25) is 0 Å². The average Bonchev–Trinajstić information content (AvgIpc) is 2.37. The highest BCUT2D eigenvalue weighted by Crippen LogP contribution is 2.29. The molecular formula is C15H23NO4S. The molecule has 1 aliphatic rings. The monoisotopic (exact) mass is 313 g/mol. The first-order valence-electron chi connectivity index (χ1n) is 7.23. The Morgan fingerprint density at radius 2 is 1.90 bits per heavy atom. The van der Waals surface area contributed by atoms with Crippen LogP contribution in [0, 0.1) is 6.92 Å². The van der Waals surface area contributed by atoms with Crippen LogP contribution in [0.5, 0.6) is 5.75 Å². The van der Waals surface area contributed by atoms with E-state index in [4.69, 9.17) is 9.47 Å². The molecule has 1 aromatic carbocycles. The fourth-order valence-electron chi connectivity index (χ4n) is 2.56. The molecule has 0 aromatic heterocycles. The second-order valence-corrected chi connectivity index (χ2v) is 7.37. The molecule has 1 aliphatic heterocycles. The van der Waals surface area contributed by atoms with Crippen LogP contribution in [-0.4, -0.2) is 44.6 Å². The normalized spacial score (nSPS) is 24.0. The Morgan fingerprint density at radius 1 is 1.29 bits per heavy atom. The molecular weight excluding hydrogens is 290 g/mol. The van der Waals surface area contributed by atoms with E-state index >= 15 is 0 Å². The lowest BCUT2D eigenvalue weighted by Crippen LogP contribution is -2.48. The highest BCUT2D eigenvalue weighted by Gasteiger charge is 2.33. The van der Waals surface area contributed by atoms with Crippen LogP contribution in [-0.2, 0) is 14.8 Å². The van der Waals surface area contributed by atoms with E-state index in [0.717, 1.165) is 5.56 Å². The highest BCUT2D eigenvalue weighted by molar-refractivity contribution is 7.89. The van der Waals surface area contributed by atoms with E-state index in [1.807, 2.05) is 27.7 Å². The van der Waals surface area contributed by atoms with Gasteiger partial charge in [0.2, 0.25) is 10.0 Å². The van der Waals surface area contributed by atoms with Crippen molar-refractivity contribution in [3.05, 3.63) is 23.8 Å². The maximum Gasteiger partial charge on any atom is 0.246 e. The Hall–Kier alpha value is -1.11. The van der Waals surface area contributed by atoms with Crippen molar-refractivity contribution in [3.63, 3.8) is 0 Å². The number of hydrogen-bond acceptors (Lipinski definition) is 4. The second kappa shape index (κ2) is 6.34. The van der Waals surface area contributed by atoms with Gasteiger partial charge in [0.25, 0.3) is 0 Å². The summed E-state index contributed by atoms with van der Waals surface area (Å²) in [7, 11) is -3.57. The van der Waals surface area contributed by atoms with Crippen LogP contribution < -0.4 is 4.74 Å². The van der Waals surface area contributed by atoms with Crippen molar-refractivity contribution in [2.75, 3.05) is 19.7 Å². The van der Waals surface area contributed by atoms with Gasteiger partial charge in [0.1, 0.15) is 10.6 Å². The second-order valence-electron chi connectivity index (χ2n) is 5.46. The van der Waals surface area contributed by atoms with Crippen molar-refractivity contribution < 1.29 is 17.9 Å². The summed E-state index contributed by atoms with van der Waals surface area (Å²) in [6, 6.07) is 5.19. The minimum absolute atomic E-state index is 0.107. The van der Waals surface area contributed by atoms with Crippen LogP contribution in [0.1, 0.15) is 26.3 Å². The topological polar surface area (TPSA) is 55.8 Å². The summed E-state index contributed by atoms with van der Waals surface area (Å²) in [4.78, 5) is 0.233. The Bertz CT molecular complexity index is 590. The van der Waals surface area contributed by atoms with Gasteiger partial charge < -0.3 is 9.47 Å². The van der Waals surface area contributed by atoms with Crippen molar-refractivity contribution >= 4 is 10.0 Å². The van der Waals surface area contributed by atoms with Crippen molar-refractivity contribution in [2.45, 2.75) is 44.8 Å². The van der Waals surface area contributed by atoms with Gasteiger partial charge in [-0.15, -0.1) is 0 Å². The number of benzene rings is 1. The molecule has 1 aromatic rings. The van der Waals surface area contributed by atoms with Crippen LogP contribution >= 0.6 is 0 Å². The van der Waals surface area contributed by atoms with E-state index in [2.05, 4.69) is 0 Å². The molecule has 1 heterocycles. The Balaban J connectivity index is 2.39. The summed E-state index contributed by atoms with van der Waals surface area (Å²) in [6.07, 6.45) is -0.214. The van der Waals surface area contributed by atoms with E-state index in [1.54, 1.807) is 18.2 Å². The smallest absolute Gasteiger partial charge is 0.246 e. The molecule has 0 amide bonds. The molecule has 1 fully saturated rings. The van der Waals surface area contributed by atoms with Gasteiger partial charge in [0.15, 0.2) is 0 Å². The fourth-order valence-corrected chi connectivity index (χ4v) is 4.27. The lowest BCUT2D eigenvalue weighted by molar-refractivity contribution is -0.0441. The van der Waals surface area contributed by atoms with E-state index in [0.29, 0.717) is 25.4 Å². The highest BCUT2D eigenvalue weighted by atomic mass is 32.2. The maximum atomic E-state index is 12.9. The molecule has 0 spiro atoms.